The van der Waals surface area contributed by atoms with Crippen LogP contribution in [0.3, 0.4) is 0 Å². The van der Waals surface area contributed by atoms with Crippen molar-refractivity contribution in [3.63, 3.8) is 0 Å². The maximum Gasteiger partial charge on any atom is -0.00490 e. The lowest BCUT2D eigenvalue weighted by atomic mass is 10.0. The first-order chi connectivity index (χ1) is 16.4. The van der Waals surface area contributed by atoms with Crippen molar-refractivity contribution in [1.82, 2.24) is 5.32 Å². The van der Waals surface area contributed by atoms with Crippen molar-refractivity contribution >= 4 is 0 Å². The molecule has 0 heterocycles. The zero-order valence-corrected chi connectivity index (χ0v) is 23.7. The van der Waals surface area contributed by atoms with Gasteiger partial charge in [-0.15, -0.1) is 0 Å². The molecule has 0 saturated heterocycles. The second-order valence-corrected chi connectivity index (χ2v) is 10.9. The Labute approximate surface area is 212 Å². The van der Waals surface area contributed by atoms with E-state index in [1.54, 1.807) is 0 Å². The Kier molecular flexibility index (Phi) is 31.9. The highest BCUT2D eigenvalue weighted by Crippen LogP contribution is 2.16. The summed E-state index contributed by atoms with van der Waals surface area (Å²) in [7, 11) is 0. The molecule has 0 radical (unpaired) electrons. The molecule has 200 valence electrons. The lowest BCUT2D eigenvalue weighted by Gasteiger charge is -2.04. The fraction of sp³-hybridized carbons (Fsp3) is 1.00. The summed E-state index contributed by atoms with van der Waals surface area (Å²) in [5, 5.41) is 3.42. The fourth-order valence-electron chi connectivity index (χ4n) is 5.10. The third-order valence-electron chi connectivity index (χ3n) is 7.46. The summed E-state index contributed by atoms with van der Waals surface area (Å²) >= 11 is 0. The van der Waals surface area contributed by atoms with E-state index in [1.165, 1.54) is 186 Å². The molecule has 0 spiro atoms. The van der Waals surface area contributed by atoms with Gasteiger partial charge in [-0.05, 0) is 19.5 Å². The standard InChI is InChI=1S/C32H67N/c1-3-5-6-7-8-9-10-11-12-13-14-15-16-17-18-19-20-21-22-23-24-25-26-27-28-29-30-31-32-33-4-2/h33H,3-32H2,1-2H3. The van der Waals surface area contributed by atoms with Gasteiger partial charge >= 0.3 is 0 Å². The molecule has 1 N–H and O–H groups in total. The molecule has 0 amide bonds. The monoisotopic (exact) mass is 466 g/mol. The third kappa shape index (κ3) is 32.0. The van der Waals surface area contributed by atoms with Gasteiger partial charge in [-0.2, -0.15) is 0 Å². The predicted octanol–water partition coefficient (Wildman–Crippen LogP) is 11.5. The lowest BCUT2D eigenvalue weighted by Crippen LogP contribution is -2.13. The smallest absolute Gasteiger partial charge is 0.00490 e. The quantitative estimate of drug-likeness (QED) is 0.104. The van der Waals surface area contributed by atoms with Crippen LogP contribution in [0.5, 0.6) is 0 Å². The van der Waals surface area contributed by atoms with Crippen LogP contribution in [-0.4, -0.2) is 13.1 Å². The molecule has 1 heteroatoms. The average Bonchev–Trinajstić information content (AvgIpc) is 2.83. The van der Waals surface area contributed by atoms with E-state index in [-0.39, 0.29) is 0 Å². The van der Waals surface area contributed by atoms with Gasteiger partial charge < -0.3 is 5.32 Å². The summed E-state index contributed by atoms with van der Waals surface area (Å²) in [4.78, 5) is 0. The van der Waals surface area contributed by atoms with Crippen molar-refractivity contribution in [2.75, 3.05) is 13.1 Å². The van der Waals surface area contributed by atoms with Crippen LogP contribution in [0.15, 0.2) is 0 Å². The van der Waals surface area contributed by atoms with Crippen molar-refractivity contribution in [2.24, 2.45) is 0 Å². The van der Waals surface area contributed by atoms with Crippen molar-refractivity contribution in [3.8, 4) is 0 Å². The molecule has 1 nitrogen and oxygen atoms in total. The van der Waals surface area contributed by atoms with Crippen LogP contribution in [0.25, 0.3) is 0 Å². The van der Waals surface area contributed by atoms with E-state index in [1.807, 2.05) is 0 Å². The Bertz CT molecular complexity index is 284. The highest BCUT2D eigenvalue weighted by atomic mass is 14.8. The zero-order valence-electron chi connectivity index (χ0n) is 23.7. The molecule has 0 aromatic carbocycles. The van der Waals surface area contributed by atoms with Crippen molar-refractivity contribution in [1.29, 1.82) is 0 Å². The molecule has 0 aliphatic rings. The highest BCUT2D eigenvalue weighted by molar-refractivity contribution is 4.52. The van der Waals surface area contributed by atoms with Crippen LogP contribution in [0.2, 0.25) is 0 Å². The van der Waals surface area contributed by atoms with E-state index in [9.17, 15) is 0 Å². The summed E-state index contributed by atoms with van der Waals surface area (Å²) in [6.07, 6.45) is 41.2. The van der Waals surface area contributed by atoms with Crippen molar-refractivity contribution in [3.05, 3.63) is 0 Å². The van der Waals surface area contributed by atoms with Gasteiger partial charge in [0.15, 0.2) is 0 Å². The second kappa shape index (κ2) is 32.0. The lowest BCUT2D eigenvalue weighted by molar-refractivity contribution is 0.513. The van der Waals surface area contributed by atoms with Crippen LogP contribution in [0, 0.1) is 0 Å². The summed E-state index contributed by atoms with van der Waals surface area (Å²) in [5.41, 5.74) is 0. The molecule has 0 aromatic heterocycles. The Morgan fingerprint density at radius 2 is 0.485 bits per heavy atom. The van der Waals surface area contributed by atoms with Crippen LogP contribution >= 0.6 is 0 Å². The molecular formula is C32H67N. The predicted molar refractivity (Wildman–Crippen MR) is 153 cm³/mol. The normalized spacial score (nSPS) is 11.5. The van der Waals surface area contributed by atoms with Gasteiger partial charge in [-0.1, -0.05) is 187 Å². The number of hydrogen-bond donors (Lipinski definition) is 1. The SMILES string of the molecule is CCCCCCCCCCCCCCCCCCCCCCCCCCCCCCNCC. The van der Waals surface area contributed by atoms with Gasteiger partial charge in [0, 0.05) is 0 Å². The molecule has 0 aromatic rings. The Morgan fingerprint density at radius 3 is 0.697 bits per heavy atom. The number of hydrogen-bond acceptors (Lipinski definition) is 1. The molecule has 0 saturated carbocycles. The van der Waals surface area contributed by atoms with Crippen molar-refractivity contribution in [2.45, 2.75) is 194 Å². The van der Waals surface area contributed by atoms with Crippen LogP contribution < -0.4 is 5.32 Å². The minimum atomic E-state index is 1.12. The Hall–Kier alpha value is -0.0400. The van der Waals surface area contributed by atoms with E-state index in [0.717, 1.165) is 6.54 Å². The summed E-state index contributed by atoms with van der Waals surface area (Å²) < 4.78 is 0. The van der Waals surface area contributed by atoms with E-state index < -0.39 is 0 Å². The van der Waals surface area contributed by atoms with Gasteiger partial charge in [0.25, 0.3) is 0 Å². The number of nitrogens with one attached hydrogen (secondary N) is 1. The minimum Gasteiger partial charge on any atom is -0.317 e. The molecule has 0 atom stereocenters. The topological polar surface area (TPSA) is 12.0 Å². The molecule has 0 bridgehead atoms. The minimum absolute atomic E-state index is 1.12. The average molecular weight is 466 g/mol. The first kappa shape index (κ1) is 33.0. The van der Waals surface area contributed by atoms with Gasteiger partial charge in [-0.3, -0.25) is 0 Å². The molecule has 0 fully saturated rings. The molecule has 33 heavy (non-hydrogen) atoms. The van der Waals surface area contributed by atoms with E-state index >= 15 is 0 Å². The van der Waals surface area contributed by atoms with Gasteiger partial charge in [0.05, 0.1) is 0 Å². The summed E-state index contributed by atoms with van der Waals surface area (Å²) in [6.45, 7) is 6.84. The molecule has 0 aliphatic heterocycles. The Morgan fingerprint density at radius 1 is 0.273 bits per heavy atom. The number of rotatable bonds is 30. The maximum absolute atomic E-state index is 3.42. The largest absolute Gasteiger partial charge is 0.317 e. The summed E-state index contributed by atoms with van der Waals surface area (Å²) in [6, 6.07) is 0. The van der Waals surface area contributed by atoms with Crippen LogP contribution in [0.1, 0.15) is 194 Å². The second-order valence-electron chi connectivity index (χ2n) is 10.9. The first-order valence-electron chi connectivity index (χ1n) is 16.1. The van der Waals surface area contributed by atoms with E-state index in [2.05, 4.69) is 19.2 Å². The van der Waals surface area contributed by atoms with Crippen molar-refractivity contribution < 1.29 is 0 Å². The fourth-order valence-corrected chi connectivity index (χ4v) is 5.10. The first-order valence-corrected chi connectivity index (χ1v) is 16.1. The van der Waals surface area contributed by atoms with Gasteiger partial charge in [0.1, 0.15) is 0 Å². The van der Waals surface area contributed by atoms with Crippen LogP contribution in [0.4, 0.5) is 0 Å². The van der Waals surface area contributed by atoms with E-state index in [0.29, 0.717) is 0 Å². The zero-order chi connectivity index (χ0) is 23.9. The van der Waals surface area contributed by atoms with E-state index in [4.69, 9.17) is 0 Å². The maximum atomic E-state index is 3.42. The Balaban J connectivity index is 2.99. The molecule has 0 unspecified atom stereocenters. The number of unbranched alkanes of at least 4 members (excludes halogenated alkanes) is 27. The van der Waals surface area contributed by atoms with Crippen LogP contribution in [-0.2, 0) is 0 Å². The third-order valence-corrected chi connectivity index (χ3v) is 7.46. The molecular weight excluding hydrogens is 398 g/mol. The molecule has 0 aliphatic carbocycles. The highest BCUT2D eigenvalue weighted by Gasteiger charge is 1.96. The van der Waals surface area contributed by atoms with Gasteiger partial charge in [0.2, 0.25) is 0 Å². The summed E-state index contributed by atoms with van der Waals surface area (Å²) in [5.74, 6) is 0. The molecule has 0 rings (SSSR count). The van der Waals surface area contributed by atoms with Gasteiger partial charge in [-0.25, -0.2) is 0 Å².